The van der Waals surface area contributed by atoms with E-state index >= 15 is 0 Å². The van der Waals surface area contributed by atoms with Crippen LogP contribution in [0.4, 0.5) is 4.39 Å². The van der Waals surface area contributed by atoms with Crippen molar-refractivity contribution in [3.05, 3.63) is 46.6 Å². The van der Waals surface area contributed by atoms with E-state index in [-0.39, 0.29) is 5.92 Å². The van der Waals surface area contributed by atoms with Gasteiger partial charge in [-0.1, -0.05) is 62.1 Å². The molecule has 3 aliphatic rings. The van der Waals surface area contributed by atoms with Crippen LogP contribution in [-0.2, 0) is 0 Å². The molecule has 0 aromatic heterocycles. The van der Waals surface area contributed by atoms with Crippen molar-refractivity contribution in [2.75, 3.05) is 0 Å². The summed E-state index contributed by atoms with van der Waals surface area (Å²) in [6, 6.07) is 0. The van der Waals surface area contributed by atoms with Crippen molar-refractivity contribution >= 4 is 0 Å². The van der Waals surface area contributed by atoms with Crippen molar-refractivity contribution in [1.29, 1.82) is 0 Å². The van der Waals surface area contributed by atoms with Gasteiger partial charge in [0.1, 0.15) is 6.17 Å². The van der Waals surface area contributed by atoms with Gasteiger partial charge in [-0.25, -0.2) is 4.39 Å². The highest BCUT2D eigenvalue weighted by molar-refractivity contribution is 5.45. The maximum atomic E-state index is 14.6. The van der Waals surface area contributed by atoms with E-state index in [0.29, 0.717) is 0 Å². The fourth-order valence-electron chi connectivity index (χ4n) is 4.11. The second-order valence-corrected chi connectivity index (χ2v) is 7.61. The summed E-state index contributed by atoms with van der Waals surface area (Å²) in [6.07, 6.45) is 15.4. The zero-order chi connectivity index (χ0) is 15.7. The quantitative estimate of drug-likeness (QED) is 0.559. The van der Waals surface area contributed by atoms with Crippen molar-refractivity contribution in [1.82, 2.24) is 0 Å². The number of allylic oxidation sites excluding steroid dienone is 8. The second kappa shape index (κ2) is 6.56. The summed E-state index contributed by atoms with van der Waals surface area (Å²) in [5, 5.41) is 0. The highest BCUT2D eigenvalue weighted by atomic mass is 19.1. The molecule has 2 atom stereocenters. The first-order valence-electron chi connectivity index (χ1n) is 8.98. The summed E-state index contributed by atoms with van der Waals surface area (Å²) in [5.41, 5.74) is 4.91. The molecule has 3 rings (SSSR count). The summed E-state index contributed by atoms with van der Waals surface area (Å²) in [4.78, 5) is 0. The van der Waals surface area contributed by atoms with Crippen LogP contribution in [0.25, 0.3) is 0 Å². The Balaban J connectivity index is 1.73. The number of alkyl halides is 1. The van der Waals surface area contributed by atoms with Crippen LogP contribution in [0, 0.1) is 17.8 Å². The van der Waals surface area contributed by atoms with Gasteiger partial charge in [0.05, 0.1) is 0 Å². The molecule has 1 fully saturated rings. The Bertz CT molecular complexity index is 538. The van der Waals surface area contributed by atoms with Crippen LogP contribution in [0.3, 0.4) is 0 Å². The van der Waals surface area contributed by atoms with Crippen molar-refractivity contribution in [2.45, 2.75) is 65.5 Å². The van der Waals surface area contributed by atoms with Gasteiger partial charge in [0.2, 0.25) is 0 Å². The van der Waals surface area contributed by atoms with Crippen molar-refractivity contribution in [2.24, 2.45) is 17.8 Å². The highest BCUT2D eigenvalue weighted by Crippen LogP contribution is 2.40. The second-order valence-electron chi connectivity index (χ2n) is 7.61. The van der Waals surface area contributed by atoms with Crippen LogP contribution in [0.15, 0.2) is 46.6 Å². The first-order valence-corrected chi connectivity index (χ1v) is 8.98. The number of halogens is 1. The van der Waals surface area contributed by atoms with Gasteiger partial charge < -0.3 is 0 Å². The van der Waals surface area contributed by atoms with Crippen LogP contribution >= 0.6 is 0 Å². The Hall–Kier alpha value is -1.11. The van der Waals surface area contributed by atoms with Crippen LogP contribution in [0.2, 0.25) is 0 Å². The molecule has 0 nitrogen and oxygen atoms in total. The molecule has 22 heavy (non-hydrogen) atoms. The Morgan fingerprint density at radius 2 is 1.64 bits per heavy atom. The molecule has 0 radical (unpaired) electrons. The summed E-state index contributed by atoms with van der Waals surface area (Å²) in [5.74, 6) is 1.71. The fraction of sp³-hybridized carbons (Fsp3) is 0.619. The smallest absolute Gasteiger partial charge is 0.132 e. The molecule has 0 amide bonds. The molecule has 0 aromatic rings. The van der Waals surface area contributed by atoms with Crippen molar-refractivity contribution in [3.8, 4) is 0 Å². The van der Waals surface area contributed by atoms with Crippen LogP contribution < -0.4 is 0 Å². The van der Waals surface area contributed by atoms with E-state index < -0.39 is 6.17 Å². The lowest BCUT2D eigenvalue weighted by molar-refractivity contribution is 0.306. The van der Waals surface area contributed by atoms with Crippen LogP contribution in [0.1, 0.15) is 59.3 Å². The zero-order valence-electron chi connectivity index (χ0n) is 14.2. The van der Waals surface area contributed by atoms with E-state index in [0.717, 1.165) is 35.8 Å². The van der Waals surface area contributed by atoms with Gasteiger partial charge in [0.15, 0.2) is 0 Å². The van der Waals surface area contributed by atoms with E-state index in [9.17, 15) is 4.39 Å². The third-order valence-corrected chi connectivity index (χ3v) is 6.07. The average Bonchev–Trinajstić information content (AvgIpc) is 2.54. The average molecular weight is 300 g/mol. The summed E-state index contributed by atoms with van der Waals surface area (Å²) in [7, 11) is 0. The van der Waals surface area contributed by atoms with E-state index in [4.69, 9.17) is 0 Å². The zero-order valence-corrected chi connectivity index (χ0v) is 14.2. The van der Waals surface area contributed by atoms with E-state index in [1.165, 1.54) is 31.3 Å². The first kappa shape index (κ1) is 15.8. The standard InChI is InChI=1S/C21H29F/c1-14-4-7-17(8-5-14)18-9-11-19(12-10-18)20-13-6-15(2)16(3)21(20)22/h6,9,11,13-14,16-17,21H,4-5,7-8,10,12H2,1-3H3. The van der Waals surface area contributed by atoms with E-state index in [1.807, 2.05) is 19.9 Å². The van der Waals surface area contributed by atoms with Crippen molar-refractivity contribution < 1.29 is 4.39 Å². The molecule has 0 N–H and O–H groups in total. The van der Waals surface area contributed by atoms with Gasteiger partial charge >= 0.3 is 0 Å². The summed E-state index contributed by atoms with van der Waals surface area (Å²) >= 11 is 0. The first-order chi connectivity index (χ1) is 10.6. The number of rotatable bonds is 2. The topological polar surface area (TPSA) is 0 Å². The molecule has 1 heteroatoms. The lowest BCUT2D eigenvalue weighted by Crippen LogP contribution is -2.21. The predicted molar refractivity (Wildman–Crippen MR) is 92.4 cm³/mol. The monoisotopic (exact) mass is 300 g/mol. The molecule has 0 aromatic carbocycles. The number of hydrogen-bond acceptors (Lipinski definition) is 0. The minimum Gasteiger partial charge on any atom is -0.242 e. The largest absolute Gasteiger partial charge is 0.242 e. The lowest BCUT2D eigenvalue weighted by Gasteiger charge is -2.31. The highest BCUT2D eigenvalue weighted by Gasteiger charge is 2.28. The fourth-order valence-corrected chi connectivity index (χ4v) is 4.11. The summed E-state index contributed by atoms with van der Waals surface area (Å²) < 4.78 is 14.6. The van der Waals surface area contributed by atoms with Gasteiger partial charge in [0.25, 0.3) is 0 Å². The number of hydrogen-bond donors (Lipinski definition) is 0. The molecule has 3 aliphatic carbocycles. The van der Waals surface area contributed by atoms with E-state index in [2.05, 4.69) is 25.2 Å². The SMILES string of the molecule is CC1=CC=C(C2=CC=C(C3CCC(C)CC3)CC2)C(F)C1C. The molecular formula is C21H29F. The third-order valence-electron chi connectivity index (χ3n) is 6.07. The van der Waals surface area contributed by atoms with Crippen molar-refractivity contribution in [3.63, 3.8) is 0 Å². The molecular weight excluding hydrogens is 271 g/mol. The van der Waals surface area contributed by atoms with E-state index in [1.54, 1.807) is 5.57 Å². The Morgan fingerprint density at radius 3 is 2.27 bits per heavy atom. The molecule has 0 saturated heterocycles. The van der Waals surface area contributed by atoms with Gasteiger partial charge in [-0.2, -0.15) is 0 Å². The lowest BCUT2D eigenvalue weighted by atomic mass is 9.75. The van der Waals surface area contributed by atoms with Crippen LogP contribution in [-0.4, -0.2) is 6.17 Å². The molecule has 0 heterocycles. The predicted octanol–water partition coefficient (Wildman–Crippen LogP) is 6.32. The molecule has 2 unspecified atom stereocenters. The summed E-state index contributed by atoms with van der Waals surface area (Å²) in [6.45, 7) is 6.40. The van der Waals surface area contributed by atoms with Gasteiger partial charge in [0, 0.05) is 5.92 Å². The van der Waals surface area contributed by atoms with Gasteiger partial charge in [-0.3, -0.25) is 0 Å². The maximum absolute atomic E-state index is 14.6. The Labute approximate surface area is 134 Å². The Kier molecular flexibility index (Phi) is 4.70. The van der Waals surface area contributed by atoms with Gasteiger partial charge in [-0.15, -0.1) is 0 Å². The molecule has 1 saturated carbocycles. The molecule has 0 aliphatic heterocycles. The minimum absolute atomic E-state index is 0.0195. The van der Waals surface area contributed by atoms with Crippen LogP contribution in [0.5, 0.6) is 0 Å². The maximum Gasteiger partial charge on any atom is 0.132 e. The minimum atomic E-state index is -0.832. The van der Waals surface area contributed by atoms with Gasteiger partial charge in [-0.05, 0) is 55.6 Å². The molecule has 0 bridgehead atoms. The molecule has 120 valence electrons. The third kappa shape index (κ3) is 3.14. The molecule has 0 spiro atoms. The normalized spacial score (nSPS) is 36.2. The Morgan fingerprint density at radius 1 is 0.909 bits per heavy atom.